The second kappa shape index (κ2) is 10.1. The van der Waals surface area contributed by atoms with Crippen molar-refractivity contribution in [2.45, 2.75) is 46.0 Å². The standard InChI is InChI=1S/C16H19FN2O2.C7H13NO/c1-10(2)11-3-4-13(17)15-12(11)9-14(18-15)16(20)19-5-7-21-8-6-19;1-7(9)8-5-3-2-4-6-8/h3-4,9-10,18H,5-8H2,1-2H3;2-6H2,1H3. The zero-order valence-electron chi connectivity index (χ0n) is 18.2. The van der Waals surface area contributed by atoms with E-state index < -0.39 is 0 Å². The number of aromatic nitrogens is 1. The van der Waals surface area contributed by atoms with Gasteiger partial charge in [0.2, 0.25) is 5.91 Å². The van der Waals surface area contributed by atoms with Crippen LogP contribution in [0.5, 0.6) is 0 Å². The number of nitrogens with one attached hydrogen (secondary N) is 1. The number of likely N-dealkylation sites (tertiary alicyclic amines) is 1. The Hall–Kier alpha value is -2.41. The molecule has 1 aromatic carbocycles. The van der Waals surface area contributed by atoms with Crippen molar-refractivity contribution in [3.63, 3.8) is 0 Å². The van der Waals surface area contributed by atoms with Crippen molar-refractivity contribution >= 4 is 22.7 Å². The van der Waals surface area contributed by atoms with Gasteiger partial charge in [0.1, 0.15) is 11.5 Å². The Morgan fingerprint density at radius 1 is 1.03 bits per heavy atom. The zero-order valence-corrected chi connectivity index (χ0v) is 18.2. The number of halogens is 1. The van der Waals surface area contributed by atoms with Gasteiger partial charge in [-0.1, -0.05) is 19.9 Å². The molecular formula is C23H32FN3O3. The third kappa shape index (κ3) is 5.19. The Kier molecular flexibility index (Phi) is 7.48. The fraction of sp³-hybridized carbons (Fsp3) is 0.565. The van der Waals surface area contributed by atoms with Gasteiger partial charge in [-0.3, -0.25) is 9.59 Å². The number of rotatable bonds is 2. The van der Waals surface area contributed by atoms with E-state index in [1.807, 2.05) is 4.90 Å². The van der Waals surface area contributed by atoms with Gasteiger partial charge in [-0.2, -0.15) is 0 Å². The first-order chi connectivity index (χ1) is 14.4. The van der Waals surface area contributed by atoms with Crippen LogP contribution in [-0.2, 0) is 9.53 Å². The topological polar surface area (TPSA) is 65.6 Å². The summed E-state index contributed by atoms with van der Waals surface area (Å²) in [6.07, 6.45) is 3.68. The quantitative estimate of drug-likeness (QED) is 0.805. The van der Waals surface area contributed by atoms with E-state index in [0.29, 0.717) is 37.5 Å². The molecule has 0 radical (unpaired) electrons. The number of amides is 2. The SMILES string of the molecule is CC(=O)N1CCCCC1.CC(C)c1ccc(F)c2[nH]c(C(=O)N3CCOCC3)cc12. The number of hydrogen-bond donors (Lipinski definition) is 1. The van der Waals surface area contributed by atoms with Crippen LogP contribution in [0.15, 0.2) is 18.2 Å². The number of ether oxygens (including phenoxy) is 1. The molecule has 1 N–H and O–H groups in total. The maximum Gasteiger partial charge on any atom is 0.270 e. The largest absolute Gasteiger partial charge is 0.378 e. The molecule has 1 aromatic heterocycles. The summed E-state index contributed by atoms with van der Waals surface area (Å²) in [6, 6.07) is 5.02. The maximum absolute atomic E-state index is 14.0. The van der Waals surface area contributed by atoms with Gasteiger partial charge in [0, 0.05) is 38.5 Å². The second-order valence-corrected chi connectivity index (χ2v) is 8.23. The molecular weight excluding hydrogens is 385 g/mol. The molecule has 2 aromatic rings. The van der Waals surface area contributed by atoms with Crippen molar-refractivity contribution in [1.29, 1.82) is 0 Å². The predicted molar refractivity (Wildman–Crippen MR) is 115 cm³/mol. The normalized spacial score (nSPS) is 17.1. The van der Waals surface area contributed by atoms with E-state index in [-0.39, 0.29) is 23.5 Å². The van der Waals surface area contributed by atoms with Crippen LogP contribution < -0.4 is 0 Å². The fourth-order valence-electron chi connectivity index (χ4n) is 3.97. The van der Waals surface area contributed by atoms with E-state index in [1.165, 1.54) is 25.3 Å². The molecule has 0 atom stereocenters. The third-order valence-corrected chi connectivity index (χ3v) is 5.73. The molecule has 3 heterocycles. The average Bonchev–Trinajstić information content (AvgIpc) is 3.21. The van der Waals surface area contributed by atoms with E-state index in [9.17, 15) is 14.0 Å². The van der Waals surface area contributed by atoms with Gasteiger partial charge < -0.3 is 19.5 Å². The van der Waals surface area contributed by atoms with Crippen molar-refractivity contribution in [3.05, 3.63) is 35.3 Å². The molecule has 0 aliphatic carbocycles. The number of morpholine rings is 1. The number of aromatic amines is 1. The first-order valence-electron chi connectivity index (χ1n) is 10.8. The van der Waals surface area contributed by atoms with Crippen LogP contribution >= 0.6 is 0 Å². The number of carbonyl (C=O) groups excluding carboxylic acids is 2. The minimum atomic E-state index is -0.324. The number of piperidine rings is 1. The van der Waals surface area contributed by atoms with E-state index in [0.717, 1.165) is 24.0 Å². The first-order valence-corrected chi connectivity index (χ1v) is 10.8. The average molecular weight is 418 g/mol. The van der Waals surface area contributed by atoms with Gasteiger partial charge in [0.05, 0.1) is 18.7 Å². The molecule has 0 spiro atoms. The van der Waals surface area contributed by atoms with Gasteiger partial charge in [-0.05, 0) is 42.9 Å². The highest BCUT2D eigenvalue weighted by atomic mass is 19.1. The van der Waals surface area contributed by atoms with Crippen molar-refractivity contribution in [2.75, 3.05) is 39.4 Å². The summed E-state index contributed by atoms with van der Waals surface area (Å²) in [5.41, 5.74) is 1.90. The molecule has 0 bridgehead atoms. The summed E-state index contributed by atoms with van der Waals surface area (Å²) in [6.45, 7) is 9.98. The number of fused-ring (bicyclic) bond motifs is 1. The molecule has 2 saturated heterocycles. The zero-order chi connectivity index (χ0) is 21.7. The molecule has 0 unspecified atom stereocenters. The van der Waals surface area contributed by atoms with Gasteiger partial charge in [0.15, 0.2) is 0 Å². The Morgan fingerprint density at radius 3 is 2.27 bits per heavy atom. The Bertz CT molecular complexity index is 881. The summed E-state index contributed by atoms with van der Waals surface area (Å²) in [7, 11) is 0. The van der Waals surface area contributed by atoms with E-state index >= 15 is 0 Å². The molecule has 2 aliphatic heterocycles. The van der Waals surface area contributed by atoms with Crippen LogP contribution in [0.2, 0.25) is 0 Å². The summed E-state index contributed by atoms with van der Waals surface area (Å²) >= 11 is 0. The van der Waals surface area contributed by atoms with Crippen LogP contribution in [0, 0.1) is 5.82 Å². The van der Waals surface area contributed by atoms with Crippen LogP contribution in [0.1, 0.15) is 62.0 Å². The third-order valence-electron chi connectivity index (χ3n) is 5.73. The number of H-pyrrole nitrogens is 1. The summed E-state index contributed by atoms with van der Waals surface area (Å²) < 4.78 is 19.2. The smallest absolute Gasteiger partial charge is 0.270 e. The number of carbonyl (C=O) groups is 2. The van der Waals surface area contributed by atoms with Crippen molar-refractivity contribution in [2.24, 2.45) is 0 Å². The summed E-state index contributed by atoms with van der Waals surface area (Å²) in [5, 5.41) is 0.793. The highest BCUT2D eigenvalue weighted by molar-refractivity contribution is 5.99. The monoisotopic (exact) mass is 417 g/mol. The molecule has 2 aliphatic rings. The maximum atomic E-state index is 14.0. The van der Waals surface area contributed by atoms with Crippen LogP contribution in [-0.4, -0.2) is 66.0 Å². The van der Waals surface area contributed by atoms with Gasteiger partial charge in [-0.25, -0.2) is 4.39 Å². The Labute approximate surface area is 177 Å². The summed E-state index contributed by atoms with van der Waals surface area (Å²) in [5.74, 6) is 0.0870. The fourth-order valence-corrected chi connectivity index (χ4v) is 3.97. The highest BCUT2D eigenvalue weighted by Gasteiger charge is 2.22. The minimum Gasteiger partial charge on any atom is -0.378 e. The van der Waals surface area contributed by atoms with Crippen molar-refractivity contribution in [3.8, 4) is 0 Å². The molecule has 2 amide bonds. The molecule has 4 rings (SSSR count). The lowest BCUT2D eigenvalue weighted by Gasteiger charge is -2.26. The molecule has 30 heavy (non-hydrogen) atoms. The Morgan fingerprint density at radius 2 is 1.70 bits per heavy atom. The molecule has 7 heteroatoms. The van der Waals surface area contributed by atoms with Gasteiger partial charge >= 0.3 is 0 Å². The van der Waals surface area contributed by atoms with E-state index in [2.05, 4.69) is 18.8 Å². The van der Waals surface area contributed by atoms with E-state index in [4.69, 9.17) is 4.74 Å². The van der Waals surface area contributed by atoms with Gasteiger partial charge in [-0.15, -0.1) is 0 Å². The summed E-state index contributed by atoms with van der Waals surface area (Å²) in [4.78, 5) is 29.8. The lowest BCUT2D eigenvalue weighted by molar-refractivity contribution is -0.129. The lowest BCUT2D eigenvalue weighted by Crippen LogP contribution is -2.40. The van der Waals surface area contributed by atoms with Crippen LogP contribution in [0.3, 0.4) is 0 Å². The minimum absolute atomic E-state index is 0.0939. The van der Waals surface area contributed by atoms with Crippen LogP contribution in [0.4, 0.5) is 4.39 Å². The van der Waals surface area contributed by atoms with Gasteiger partial charge in [0.25, 0.3) is 5.91 Å². The molecule has 6 nitrogen and oxygen atoms in total. The predicted octanol–water partition coefficient (Wildman–Crippen LogP) is 3.92. The van der Waals surface area contributed by atoms with Crippen LogP contribution in [0.25, 0.3) is 10.9 Å². The number of hydrogen-bond acceptors (Lipinski definition) is 3. The Balaban J connectivity index is 0.000000239. The van der Waals surface area contributed by atoms with Crippen molar-refractivity contribution in [1.82, 2.24) is 14.8 Å². The lowest BCUT2D eigenvalue weighted by atomic mass is 9.99. The highest BCUT2D eigenvalue weighted by Crippen LogP contribution is 2.28. The molecule has 0 saturated carbocycles. The number of benzene rings is 1. The molecule has 164 valence electrons. The van der Waals surface area contributed by atoms with Crippen molar-refractivity contribution < 1.29 is 18.7 Å². The second-order valence-electron chi connectivity index (χ2n) is 8.23. The first kappa shape index (κ1) is 22.3. The van der Waals surface area contributed by atoms with E-state index in [1.54, 1.807) is 24.0 Å². The number of nitrogens with zero attached hydrogens (tertiary/aromatic N) is 2. The molecule has 2 fully saturated rings.